The van der Waals surface area contributed by atoms with Gasteiger partial charge in [0.05, 0.1) is 5.69 Å². The number of fused-ring (bicyclic) bond motifs is 1. The van der Waals surface area contributed by atoms with Crippen LogP contribution in [0.4, 0.5) is 0 Å². The SMILES string of the molecule is CC(C)CN=C(N)SCc1cc(=O)n2ccsc2n1.Cl. The van der Waals surface area contributed by atoms with E-state index in [2.05, 4.69) is 23.8 Å². The monoisotopic (exact) mass is 332 g/mol. The highest BCUT2D eigenvalue weighted by molar-refractivity contribution is 8.13. The number of thioether (sulfide) groups is 1. The zero-order valence-corrected chi connectivity index (χ0v) is 13.7. The standard InChI is InChI=1S/C12H16N4OS2.ClH/c1-8(2)6-14-11(13)19-7-9-5-10(17)16-3-4-18-12(16)15-9;/h3-5,8H,6-7H2,1-2H3,(H2,13,14);1H. The topological polar surface area (TPSA) is 72.8 Å². The Balaban J connectivity index is 0.00000200. The summed E-state index contributed by atoms with van der Waals surface area (Å²) in [4.78, 5) is 21.2. The van der Waals surface area contributed by atoms with Crippen LogP contribution in [0.1, 0.15) is 19.5 Å². The first-order chi connectivity index (χ1) is 9.06. The largest absolute Gasteiger partial charge is 0.379 e. The van der Waals surface area contributed by atoms with Crippen molar-refractivity contribution in [3.05, 3.63) is 33.7 Å². The van der Waals surface area contributed by atoms with Gasteiger partial charge in [-0.25, -0.2) is 4.98 Å². The molecule has 0 radical (unpaired) electrons. The number of aliphatic imine (C=N–C) groups is 1. The molecule has 0 saturated carbocycles. The molecule has 2 rings (SSSR count). The maximum atomic E-state index is 11.8. The average Bonchev–Trinajstić information content (AvgIpc) is 2.82. The van der Waals surface area contributed by atoms with Crippen molar-refractivity contribution in [3.63, 3.8) is 0 Å². The number of aromatic nitrogens is 2. The normalized spacial score (nSPS) is 11.8. The Hall–Kier alpha value is -1.05. The number of thiazole rings is 1. The molecule has 0 fully saturated rings. The smallest absolute Gasteiger partial charge is 0.258 e. The Morgan fingerprint density at radius 3 is 3.05 bits per heavy atom. The van der Waals surface area contributed by atoms with Crippen LogP contribution in [0.15, 0.2) is 27.4 Å². The predicted molar refractivity (Wildman–Crippen MR) is 89.2 cm³/mol. The van der Waals surface area contributed by atoms with Crippen LogP contribution in [0.25, 0.3) is 4.96 Å². The summed E-state index contributed by atoms with van der Waals surface area (Å²) in [6.45, 7) is 4.90. The first-order valence-electron chi connectivity index (χ1n) is 5.95. The molecule has 2 heterocycles. The van der Waals surface area contributed by atoms with Crippen molar-refractivity contribution in [2.45, 2.75) is 19.6 Å². The van der Waals surface area contributed by atoms with Gasteiger partial charge in [-0.05, 0) is 5.92 Å². The number of hydrogen-bond donors (Lipinski definition) is 1. The minimum absolute atomic E-state index is 0. The van der Waals surface area contributed by atoms with Crippen molar-refractivity contribution in [2.24, 2.45) is 16.6 Å². The Morgan fingerprint density at radius 1 is 1.60 bits per heavy atom. The van der Waals surface area contributed by atoms with Crippen molar-refractivity contribution < 1.29 is 0 Å². The second kappa shape index (κ2) is 7.66. The van der Waals surface area contributed by atoms with Gasteiger partial charge in [0, 0.05) is 29.9 Å². The van der Waals surface area contributed by atoms with Gasteiger partial charge < -0.3 is 5.73 Å². The lowest BCUT2D eigenvalue weighted by molar-refractivity contribution is 0.666. The molecule has 2 N–H and O–H groups in total. The van der Waals surface area contributed by atoms with Gasteiger partial charge in [-0.2, -0.15) is 0 Å². The van der Waals surface area contributed by atoms with Crippen LogP contribution >= 0.6 is 35.5 Å². The fourth-order valence-corrected chi connectivity index (χ4v) is 2.78. The van der Waals surface area contributed by atoms with E-state index >= 15 is 0 Å². The zero-order valence-electron chi connectivity index (χ0n) is 11.3. The van der Waals surface area contributed by atoms with E-state index in [4.69, 9.17) is 5.73 Å². The van der Waals surface area contributed by atoms with E-state index in [1.165, 1.54) is 27.5 Å². The number of hydrogen-bond acceptors (Lipinski definition) is 5. The van der Waals surface area contributed by atoms with E-state index in [-0.39, 0.29) is 18.0 Å². The number of halogens is 1. The molecular weight excluding hydrogens is 316 g/mol. The second-order valence-corrected chi connectivity index (χ2v) is 6.37. The lowest BCUT2D eigenvalue weighted by Gasteiger charge is -2.03. The molecule has 0 atom stereocenters. The average molecular weight is 333 g/mol. The Morgan fingerprint density at radius 2 is 2.35 bits per heavy atom. The molecule has 0 bridgehead atoms. The van der Waals surface area contributed by atoms with Crippen LogP contribution in [0.2, 0.25) is 0 Å². The maximum Gasteiger partial charge on any atom is 0.258 e. The van der Waals surface area contributed by atoms with Gasteiger partial charge in [0.15, 0.2) is 10.1 Å². The number of nitrogens with two attached hydrogens (primary N) is 1. The molecular formula is C12H17ClN4OS2. The molecule has 20 heavy (non-hydrogen) atoms. The van der Waals surface area contributed by atoms with Crippen LogP contribution in [-0.2, 0) is 5.75 Å². The van der Waals surface area contributed by atoms with E-state index in [0.717, 1.165) is 12.2 Å². The van der Waals surface area contributed by atoms with Crippen molar-refractivity contribution >= 4 is 45.6 Å². The molecule has 8 heteroatoms. The predicted octanol–water partition coefficient (Wildman–Crippen LogP) is 2.38. The van der Waals surface area contributed by atoms with Gasteiger partial charge in [0.2, 0.25) is 0 Å². The summed E-state index contributed by atoms with van der Waals surface area (Å²) in [6.07, 6.45) is 1.73. The lowest BCUT2D eigenvalue weighted by atomic mass is 10.2. The molecule has 5 nitrogen and oxygen atoms in total. The number of amidine groups is 1. The van der Waals surface area contributed by atoms with Gasteiger partial charge in [-0.1, -0.05) is 25.6 Å². The van der Waals surface area contributed by atoms with Crippen molar-refractivity contribution in [1.29, 1.82) is 0 Å². The first kappa shape index (κ1) is 17.0. The van der Waals surface area contributed by atoms with Gasteiger partial charge in [0.25, 0.3) is 5.56 Å². The lowest BCUT2D eigenvalue weighted by Crippen LogP contribution is -2.14. The molecule has 2 aromatic rings. The Labute approximate surface area is 131 Å². The first-order valence-corrected chi connectivity index (χ1v) is 7.81. The molecule has 0 amide bonds. The highest BCUT2D eigenvalue weighted by Gasteiger charge is 2.04. The molecule has 0 aliphatic rings. The Kier molecular flexibility index (Phi) is 6.51. The molecule has 110 valence electrons. The van der Waals surface area contributed by atoms with E-state index in [1.54, 1.807) is 12.3 Å². The molecule has 0 aromatic carbocycles. The molecule has 0 spiro atoms. The molecule has 0 aliphatic carbocycles. The van der Waals surface area contributed by atoms with Crippen LogP contribution < -0.4 is 11.3 Å². The summed E-state index contributed by atoms with van der Waals surface area (Å²) in [5.74, 6) is 1.06. The summed E-state index contributed by atoms with van der Waals surface area (Å²) in [6, 6.07) is 1.54. The zero-order chi connectivity index (χ0) is 13.8. The van der Waals surface area contributed by atoms with E-state index in [0.29, 0.717) is 21.8 Å². The van der Waals surface area contributed by atoms with E-state index in [1.807, 2.05) is 5.38 Å². The van der Waals surface area contributed by atoms with Crippen molar-refractivity contribution in [2.75, 3.05) is 6.54 Å². The minimum Gasteiger partial charge on any atom is -0.379 e. The molecule has 0 saturated heterocycles. The number of rotatable bonds is 4. The third-order valence-electron chi connectivity index (χ3n) is 2.34. The van der Waals surface area contributed by atoms with Crippen molar-refractivity contribution in [1.82, 2.24) is 9.38 Å². The van der Waals surface area contributed by atoms with Crippen LogP contribution in [-0.4, -0.2) is 21.1 Å². The van der Waals surface area contributed by atoms with Crippen LogP contribution in [0, 0.1) is 5.92 Å². The van der Waals surface area contributed by atoms with Gasteiger partial charge in [-0.15, -0.1) is 23.7 Å². The van der Waals surface area contributed by atoms with E-state index in [9.17, 15) is 4.79 Å². The summed E-state index contributed by atoms with van der Waals surface area (Å²) < 4.78 is 1.54. The van der Waals surface area contributed by atoms with Crippen LogP contribution in [0.5, 0.6) is 0 Å². The minimum atomic E-state index is -0.0560. The van der Waals surface area contributed by atoms with Crippen LogP contribution in [0.3, 0.4) is 0 Å². The maximum absolute atomic E-state index is 11.8. The summed E-state index contributed by atoms with van der Waals surface area (Å²) in [5, 5.41) is 2.39. The summed E-state index contributed by atoms with van der Waals surface area (Å²) in [7, 11) is 0. The molecule has 0 aliphatic heterocycles. The van der Waals surface area contributed by atoms with E-state index < -0.39 is 0 Å². The molecule has 2 aromatic heterocycles. The van der Waals surface area contributed by atoms with Gasteiger partial charge in [0.1, 0.15) is 0 Å². The van der Waals surface area contributed by atoms with Gasteiger partial charge >= 0.3 is 0 Å². The highest BCUT2D eigenvalue weighted by atomic mass is 35.5. The highest BCUT2D eigenvalue weighted by Crippen LogP contribution is 2.12. The van der Waals surface area contributed by atoms with Crippen molar-refractivity contribution in [3.8, 4) is 0 Å². The fourth-order valence-electron chi connectivity index (χ4n) is 1.43. The number of nitrogens with zero attached hydrogens (tertiary/aromatic N) is 3. The fraction of sp³-hybridized carbons (Fsp3) is 0.417. The third-order valence-corrected chi connectivity index (χ3v) is 3.96. The third kappa shape index (κ3) is 4.50. The quantitative estimate of drug-likeness (QED) is 0.689. The summed E-state index contributed by atoms with van der Waals surface area (Å²) >= 11 is 2.86. The summed E-state index contributed by atoms with van der Waals surface area (Å²) in [5.41, 5.74) is 6.49. The molecule has 0 unspecified atom stereocenters. The second-order valence-electron chi connectivity index (χ2n) is 4.50. The Bertz CT molecular complexity index is 650. The van der Waals surface area contributed by atoms with Gasteiger partial charge in [-0.3, -0.25) is 14.2 Å².